The van der Waals surface area contributed by atoms with Gasteiger partial charge in [0.15, 0.2) is 0 Å². The molecule has 16 heavy (non-hydrogen) atoms. The highest BCUT2D eigenvalue weighted by molar-refractivity contribution is 4.61. The summed E-state index contributed by atoms with van der Waals surface area (Å²) in [5.74, 6) is 0. The van der Waals surface area contributed by atoms with Gasteiger partial charge in [-0.3, -0.25) is 0 Å². The molecule has 108 valence electrons. The molecule has 0 radical (unpaired) electrons. The maximum atomic E-state index is 2.42. The molecule has 0 atom stereocenters. The first-order chi connectivity index (χ1) is 4.79. The molecule has 1 aliphatic rings. The van der Waals surface area contributed by atoms with E-state index < -0.39 is 0 Å². The molecule has 0 aromatic carbocycles. The Morgan fingerprint density at radius 1 is 0.500 bits per heavy atom. The Morgan fingerprint density at radius 3 is 0.875 bits per heavy atom. The van der Waals surface area contributed by atoms with Crippen molar-refractivity contribution < 1.29 is 0 Å². The van der Waals surface area contributed by atoms with Crippen LogP contribution in [0.2, 0.25) is 0 Å². The van der Waals surface area contributed by atoms with Crippen molar-refractivity contribution in [1.29, 1.82) is 0 Å². The summed E-state index contributed by atoms with van der Waals surface area (Å²) in [5.41, 5.74) is 0. The molecule has 0 N–H and O–H groups in total. The van der Waals surface area contributed by atoms with E-state index in [0.717, 1.165) is 0 Å². The Morgan fingerprint density at radius 2 is 0.688 bits per heavy atom. The van der Waals surface area contributed by atoms with Crippen LogP contribution in [0.15, 0.2) is 0 Å². The third-order valence-corrected chi connectivity index (χ3v) is 2.16. The van der Waals surface area contributed by atoms with E-state index in [-0.39, 0.29) is 44.6 Å². The van der Waals surface area contributed by atoms with Crippen molar-refractivity contribution >= 4 is 0 Å². The highest BCUT2D eigenvalue weighted by Gasteiger charge is 2.05. The largest absolute Gasteiger partial charge is 0.306 e. The Kier molecular flexibility index (Phi) is 45.8. The Bertz CT molecular complexity index is 74.7. The van der Waals surface area contributed by atoms with Gasteiger partial charge in [0, 0.05) is 0 Å². The van der Waals surface area contributed by atoms with Crippen molar-refractivity contribution in [3.63, 3.8) is 0 Å². The maximum Gasteiger partial charge on any atom is -0.000959 e. The summed E-state index contributed by atoms with van der Waals surface area (Å²) in [5, 5.41) is 0. The van der Waals surface area contributed by atoms with Gasteiger partial charge in [0.2, 0.25) is 0 Å². The van der Waals surface area contributed by atoms with Crippen LogP contribution in [-0.2, 0) is 0 Å². The lowest BCUT2D eigenvalue weighted by Gasteiger charge is -2.24. The van der Waals surface area contributed by atoms with Gasteiger partial charge in [-0.25, -0.2) is 0 Å². The predicted molar refractivity (Wildman–Crippen MR) is 84.6 cm³/mol. The second kappa shape index (κ2) is 20.3. The smallest absolute Gasteiger partial charge is 0.000959 e. The average molecular weight is 239 g/mol. The van der Waals surface area contributed by atoms with Crippen molar-refractivity contribution in [3.8, 4) is 0 Å². The Balaban J connectivity index is -0.0000000417. The third kappa shape index (κ3) is 16.4. The van der Waals surface area contributed by atoms with Crippen LogP contribution in [0.5, 0.6) is 0 Å². The zero-order valence-corrected chi connectivity index (χ0v) is 7.14. The number of hydrogen-bond donors (Lipinski definition) is 0. The summed E-state index contributed by atoms with van der Waals surface area (Å²) < 4.78 is 0. The van der Waals surface area contributed by atoms with Gasteiger partial charge in [-0.2, -0.15) is 0 Å². The number of rotatable bonds is 0. The van der Waals surface area contributed by atoms with E-state index in [1.165, 1.54) is 39.0 Å². The van der Waals surface area contributed by atoms with Gasteiger partial charge in [-0.1, -0.05) is 44.6 Å². The molecule has 0 aromatic heterocycles. The summed E-state index contributed by atoms with van der Waals surface area (Å²) >= 11 is 0. The molecule has 1 aliphatic heterocycles. The lowest BCUT2D eigenvalue weighted by atomic mass is 10.3. The Labute approximate surface area is 108 Å². The zero-order chi connectivity index (χ0) is 7.40. The van der Waals surface area contributed by atoms with E-state index >= 15 is 0 Å². The number of nitrogens with zero attached hydrogens (tertiary/aromatic N) is 2. The van der Waals surface area contributed by atoms with Gasteiger partial charge in [-0.15, -0.1) is 0 Å². The molecule has 0 saturated carbocycles. The average Bonchev–Trinajstić information content (AvgIpc) is 1.84. The van der Waals surface area contributed by atoms with Gasteiger partial charge in [0.1, 0.15) is 0 Å². The molecule has 0 amide bonds. The van der Waals surface area contributed by atoms with Crippen LogP contribution in [0.25, 0.3) is 0 Å². The summed E-state index contributed by atoms with van der Waals surface area (Å²) in [6, 6.07) is 0. The lowest BCUT2D eigenvalue weighted by molar-refractivity contribution is 0.229. The van der Waals surface area contributed by atoms with E-state index in [2.05, 4.69) is 23.9 Å². The monoisotopic (exact) mass is 238 g/mol. The lowest BCUT2D eigenvalue weighted by Crippen LogP contribution is -2.32. The molecule has 1 fully saturated rings. The van der Waals surface area contributed by atoms with E-state index in [1.807, 2.05) is 0 Å². The minimum Gasteiger partial charge on any atom is -0.306 e. The van der Waals surface area contributed by atoms with Crippen molar-refractivity contribution in [2.24, 2.45) is 0 Å². The third-order valence-electron chi connectivity index (χ3n) is 2.16. The van der Waals surface area contributed by atoms with Crippen LogP contribution in [-0.4, -0.2) is 50.1 Å². The van der Waals surface area contributed by atoms with Crippen LogP contribution >= 0.6 is 0 Å². The molecular formula is C14H42N2. The van der Waals surface area contributed by atoms with E-state index in [4.69, 9.17) is 0 Å². The van der Waals surface area contributed by atoms with E-state index in [0.29, 0.717) is 0 Å². The van der Waals surface area contributed by atoms with Gasteiger partial charge in [0.25, 0.3) is 0 Å². The molecule has 1 saturated heterocycles. The minimum absolute atomic E-state index is 0. The van der Waals surface area contributed by atoms with Crippen molar-refractivity contribution in [1.82, 2.24) is 9.80 Å². The summed E-state index contributed by atoms with van der Waals surface area (Å²) in [6.45, 7) is 5.07. The molecule has 2 heteroatoms. The van der Waals surface area contributed by atoms with Gasteiger partial charge >= 0.3 is 0 Å². The second-order valence-corrected chi connectivity index (χ2v) is 3.31. The topological polar surface area (TPSA) is 6.48 Å². The Hall–Kier alpha value is -0.0800. The summed E-state index contributed by atoms with van der Waals surface area (Å²) in [7, 11) is 4.43. The summed E-state index contributed by atoms with van der Waals surface area (Å²) in [4.78, 5) is 4.85. The molecule has 0 bridgehead atoms. The van der Waals surface area contributed by atoms with Crippen LogP contribution in [0, 0.1) is 0 Å². The molecule has 0 aromatic rings. The first-order valence-corrected chi connectivity index (χ1v) is 4.16. The van der Waals surface area contributed by atoms with Crippen molar-refractivity contribution in [3.05, 3.63) is 0 Å². The molecule has 0 unspecified atom stereocenters. The standard InChI is InChI=1S/C8H18N2.6CH4/c1-9-5-3-7-10(2)8-4-6-9;;;;;;/h3-8H2,1-2H3;6*1H4. The fraction of sp³-hybridized carbons (Fsp3) is 1.00. The molecule has 1 heterocycles. The summed E-state index contributed by atoms with van der Waals surface area (Å²) in [6.07, 6.45) is 2.65. The predicted octanol–water partition coefficient (Wildman–Crippen LogP) is 4.46. The highest BCUT2D eigenvalue weighted by atomic mass is 15.1. The zero-order valence-electron chi connectivity index (χ0n) is 7.14. The van der Waals surface area contributed by atoms with Crippen molar-refractivity contribution in [2.45, 2.75) is 57.4 Å². The normalized spacial score (nSPS) is 16.1. The van der Waals surface area contributed by atoms with Crippen LogP contribution in [0.3, 0.4) is 0 Å². The molecule has 0 spiro atoms. The van der Waals surface area contributed by atoms with E-state index in [9.17, 15) is 0 Å². The number of hydrogen-bond acceptors (Lipinski definition) is 2. The van der Waals surface area contributed by atoms with Crippen LogP contribution in [0.4, 0.5) is 0 Å². The van der Waals surface area contributed by atoms with Crippen LogP contribution in [0.1, 0.15) is 57.4 Å². The van der Waals surface area contributed by atoms with Crippen LogP contribution < -0.4 is 0 Å². The van der Waals surface area contributed by atoms with Crippen molar-refractivity contribution in [2.75, 3.05) is 40.3 Å². The minimum atomic E-state index is 0. The van der Waals surface area contributed by atoms with Gasteiger partial charge in [-0.05, 0) is 53.1 Å². The fourth-order valence-corrected chi connectivity index (χ4v) is 1.44. The fourth-order valence-electron chi connectivity index (χ4n) is 1.44. The second-order valence-electron chi connectivity index (χ2n) is 3.31. The molecule has 1 rings (SSSR count). The maximum absolute atomic E-state index is 2.42. The quantitative estimate of drug-likeness (QED) is 0.615. The highest BCUT2D eigenvalue weighted by Crippen LogP contribution is 1.98. The molecule has 0 aliphatic carbocycles. The first kappa shape index (κ1) is 36.0. The van der Waals surface area contributed by atoms with Gasteiger partial charge < -0.3 is 9.80 Å². The molecule has 2 nitrogen and oxygen atoms in total. The SMILES string of the molecule is C.C.C.C.C.C.CN1CCCN(C)CCC1. The molecular weight excluding hydrogens is 196 g/mol. The van der Waals surface area contributed by atoms with E-state index in [1.54, 1.807) is 0 Å². The van der Waals surface area contributed by atoms with Gasteiger partial charge in [0.05, 0.1) is 0 Å². The first-order valence-electron chi connectivity index (χ1n) is 4.16.